The molecule has 392 valence electrons. The number of hydrogen-bond donors (Lipinski definition) is 6. The van der Waals surface area contributed by atoms with Gasteiger partial charge in [-0.2, -0.15) is 10.2 Å². The summed E-state index contributed by atoms with van der Waals surface area (Å²) in [7, 11) is 2.62. The first kappa shape index (κ1) is 53.0. The fourth-order valence-electron chi connectivity index (χ4n) is 12.4. The predicted molar refractivity (Wildman–Crippen MR) is 263 cm³/mol. The lowest BCUT2D eigenvalue weighted by Gasteiger charge is -2.58. The number of nitrogens with one attached hydrogen (secondary N) is 4. The standard InChI is InChI=1S/C26H39N5O6.C25H38N4O5/c1-15(2)14-36-22-19(13-28-31(22)7-6-25(3,4)30-24(34)35-5)21(32)29-20-17-8-16-9-18(20)12-26(10-16,11-17)37-23(27)33;1-15(2)14-34-22-19(13-26-29(22)7-6-24(3,4)28-23(31)33-5)21(30)27-20-17-8-16-9-18(20)12-25(32,10-16)11-17/h6-7,13,15-18,20H,8-12,14H2,1-5H3,(H2,27,33)(H,29,32)(H,30,34);6-7,13,15-18,20,32H,8-12,14H2,1-5H3,(H,27,30)(H,28,31)/b2*7-6+. The molecule has 8 aliphatic carbocycles. The van der Waals surface area contributed by atoms with Crippen LogP contribution in [0.2, 0.25) is 0 Å². The molecule has 4 unspecified atom stereocenters. The first-order valence-electron chi connectivity index (χ1n) is 25.2. The van der Waals surface area contributed by atoms with Crippen LogP contribution in [0.4, 0.5) is 14.4 Å². The number of nitrogens with two attached hydrogens (primary N) is 1. The molecule has 20 heteroatoms. The first-order valence-corrected chi connectivity index (χ1v) is 25.2. The number of aliphatic hydroxyl groups is 1. The maximum atomic E-state index is 13.5. The molecule has 2 aromatic rings. The molecule has 7 N–H and O–H groups in total. The number of hydrogen-bond acceptors (Lipinski definition) is 13. The summed E-state index contributed by atoms with van der Waals surface area (Å²) >= 11 is 0. The summed E-state index contributed by atoms with van der Waals surface area (Å²) in [5.41, 5.74) is 3.66. The Morgan fingerprint density at radius 2 is 1.08 bits per heavy atom. The molecule has 8 bridgehead atoms. The quantitative estimate of drug-likeness (QED) is 0.0928. The second-order valence-electron chi connectivity index (χ2n) is 23.1. The Balaban J connectivity index is 0.000000209. The van der Waals surface area contributed by atoms with Gasteiger partial charge < -0.3 is 55.8 Å². The number of primary amides is 1. The lowest BCUT2D eigenvalue weighted by atomic mass is 9.52. The van der Waals surface area contributed by atoms with Crippen molar-refractivity contribution in [2.75, 3.05) is 27.4 Å². The van der Waals surface area contributed by atoms with Crippen molar-refractivity contribution in [3.8, 4) is 11.8 Å². The highest BCUT2D eigenvalue weighted by molar-refractivity contribution is 5.97. The number of carbonyl (C=O) groups is 5. The van der Waals surface area contributed by atoms with E-state index in [1.54, 1.807) is 24.6 Å². The summed E-state index contributed by atoms with van der Waals surface area (Å²) in [4.78, 5) is 61.7. The molecule has 2 aromatic heterocycles. The molecule has 0 aliphatic heterocycles. The summed E-state index contributed by atoms with van der Waals surface area (Å²) < 4.78 is 30.0. The molecule has 2 heterocycles. The van der Waals surface area contributed by atoms with E-state index in [0.717, 1.165) is 64.2 Å². The number of amides is 5. The van der Waals surface area contributed by atoms with Gasteiger partial charge in [-0.05, 0) is 151 Å². The molecule has 0 saturated heterocycles. The van der Waals surface area contributed by atoms with Crippen molar-refractivity contribution in [2.45, 2.75) is 154 Å². The van der Waals surface area contributed by atoms with Crippen molar-refractivity contribution in [1.29, 1.82) is 0 Å². The van der Waals surface area contributed by atoms with Gasteiger partial charge in [0.2, 0.25) is 11.8 Å². The Morgan fingerprint density at radius 1 is 0.690 bits per heavy atom. The van der Waals surface area contributed by atoms with Gasteiger partial charge in [-0.25, -0.2) is 23.7 Å². The van der Waals surface area contributed by atoms with Crippen molar-refractivity contribution in [3.63, 3.8) is 0 Å². The lowest BCUT2D eigenvalue weighted by Crippen LogP contribution is -2.63. The number of rotatable bonds is 17. The molecule has 0 radical (unpaired) electrons. The smallest absolute Gasteiger partial charge is 0.407 e. The molecule has 10 rings (SSSR count). The van der Waals surface area contributed by atoms with Gasteiger partial charge in [0.15, 0.2) is 0 Å². The molecule has 20 nitrogen and oxygen atoms in total. The van der Waals surface area contributed by atoms with E-state index in [9.17, 15) is 29.1 Å². The van der Waals surface area contributed by atoms with E-state index in [1.165, 1.54) is 36.0 Å². The maximum Gasteiger partial charge on any atom is 0.407 e. The Bertz CT molecular complexity index is 2300. The number of ether oxygens (including phenoxy) is 5. The number of alkyl carbamates (subject to hydrolysis) is 2. The van der Waals surface area contributed by atoms with Crippen LogP contribution in [-0.2, 0) is 14.2 Å². The number of carbonyl (C=O) groups excluding carboxylic acids is 5. The second kappa shape index (κ2) is 21.1. The molecule has 5 amide bonds. The van der Waals surface area contributed by atoms with Crippen LogP contribution in [0, 0.1) is 47.3 Å². The van der Waals surface area contributed by atoms with E-state index >= 15 is 0 Å². The normalized spacial score (nSPS) is 29.2. The largest absolute Gasteiger partial charge is 0.477 e. The van der Waals surface area contributed by atoms with Gasteiger partial charge in [-0.3, -0.25) is 9.59 Å². The topological polar surface area (TPSA) is 262 Å². The van der Waals surface area contributed by atoms with Crippen LogP contribution in [0.5, 0.6) is 11.8 Å². The molecule has 8 saturated carbocycles. The van der Waals surface area contributed by atoms with E-state index in [2.05, 4.69) is 40.9 Å². The first-order chi connectivity index (χ1) is 33.4. The van der Waals surface area contributed by atoms with Crippen LogP contribution in [0.3, 0.4) is 0 Å². The molecular formula is C51H77N9O11. The summed E-state index contributed by atoms with van der Waals surface area (Å²) in [5.74, 6) is 2.96. The van der Waals surface area contributed by atoms with Gasteiger partial charge in [0.1, 0.15) is 16.7 Å². The zero-order valence-corrected chi connectivity index (χ0v) is 43.1. The van der Waals surface area contributed by atoms with E-state index < -0.39 is 40.6 Å². The molecule has 4 atom stereocenters. The zero-order valence-electron chi connectivity index (χ0n) is 43.1. The fraction of sp³-hybridized carbons (Fsp3) is 0.706. The van der Waals surface area contributed by atoms with Crippen LogP contribution in [0.25, 0.3) is 12.4 Å². The Morgan fingerprint density at radius 3 is 1.45 bits per heavy atom. The highest BCUT2D eigenvalue weighted by Crippen LogP contribution is 2.58. The van der Waals surface area contributed by atoms with Crippen molar-refractivity contribution in [3.05, 3.63) is 35.7 Å². The third-order valence-electron chi connectivity index (χ3n) is 14.9. The number of aromatic nitrogens is 4. The molecule has 0 aromatic carbocycles. The van der Waals surface area contributed by atoms with Crippen molar-refractivity contribution in [2.24, 2.45) is 53.1 Å². The summed E-state index contributed by atoms with van der Waals surface area (Å²) in [6.45, 7) is 16.3. The Labute approximate surface area is 416 Å². The van der Waals surface area contributed by atoms with Gasteiger partial charge >= 0.3 is 18.3 Å². The molecule has 0 spiro atoms. The van der Waals surface area contributed by atoms with Gasteiger partial charge in [0, 0.05) is 24.5 Å². The third kappa shape index (κ3) is 12.8. The van der Waals surface area contributed by atoms with Crippen LogP contribution < -0.4 is 36.5 Å². The summed E-state index contributed by atoms with van der Waals surface area (Å²) in [5, 5.41) is 31.6. The van der Waals surface area contributed by atoms with Crippen LogP contribution in [0.15, 0.2) is 24.5 Å². The molecule has 71 heavy (non-hydrogen) atoms. The maximum absolute atomic E-state index is 13.5. The lowest BCUT2D eigenvalue weighted by molar-refractivity contribution is -0.137. The zero-order chi connectivity index (χ0) is 51.6. The van der Waals surface area contributed by atoms with E-state index in [-0.39, 0.29) is 47.6 Å². The van der Waals surface area contributed by atoms with Gasteiger partial charge in [-0.15, -0.1) is 0 Å². The molecule has 8 aliphatic rings. The predicted octanol–water partition coefficient (Wildman–Crippen LogP) is 6.49. The van der Waals surface area contributed by atoms with E-state index in [0.29, 0.717) is 59.8 Å². The van der Waals surface area contributed by atoms with Crippen molar-refractivity contribution < 1.29 is 52.8 Å². The van der Waals surface area contributed by atoms with Crippen LogP contribution in [-0.4, -0.2) is 117 Å². The third-order valence-corrected chi connectivity index (χ3v) is 14.9. The average Bonchev–Trinajstić information content (AvgIpc) is 3.88. The fourth-order valence-corrected chi connectivity index (χ4v) is 12.4. The van der Waals surface area contributed by atoms with E-state index in [1.807, 2.05) is 55.4 Å². The highest BCUT2D eigenvalue weighted by Gasteiger charge is 2.58. The van der Waals surface area contributed by atoms with Gasteiger partial charge in [0.25, 0.3) is 11.8 Å². The minimum Gasteiger partial charge on any atom is -0.477 e. The minimum absolute atomic E-state index is 0.00585. The van der Waals surface area contributed by atoms with Crippen molar-refractivity contribution >= 4 is 42.5 Å². The average molecular weight is 992 g/mol. The number of methoxy groups -OCH3 is 2. The molecular weight excluding hydrogens is 915 g/mol. The Hall–Kier alpha value is -5.79. The van der Waals surface area contributed by atoms with Crippen LogP contribution >= 0.6 is 0 Å². The van der Waals surface area contributed by atoms with Crippen molar-refractivity contribution in [1.82, 2.24) is 40.8 Å². The van der Waals surface area contributed by atoms with Gasteiger partial charge in [-0.1, -0.05) is 27.7 Å². The highest BCUT2D eigenvalue weighted by atomic mass is 16.6. The SMILES string of the molecule is COC(=O)NC(C)(C)/C=C/n1ncc(C(=O)NC2C3CC4CC2CC(O)(C4)C3)c1OCC(C)C.COC(=O)NC(C)(C)/C=C/n1ncc(C(=O)NC2C3CC4CC2CC(OC(N)=O)(C4)C3)c1OCC(C)C. The summed E-state index contributed by atoms with van der Waals surface area (Å²) in [6, 6.07) is 0.0676. The number of nitrogens with zero attached hydrogens (tertiary/aromatic N) is 4. The molecule has 8 fully saturated rings. The minimum atomic E-state index is -0.722. The van der Waals surface area contributed by atoms with Gasteiger partial charge in [0.05, 0.1) is 56.5 Å². The monoisotopic (exact) mass is 992 g/mol. The van der Waals surface area contributed by atoms with Crippen LogP contribution in [0.1, 0.15) is 140 Å². The second-order valence-corrected chi connectivity index (χ2v) is 23.1. The Kier molecular flexibility index (Phi) is 15.8. The van der Waals surface area contributed by atoms with E-state index in [4.69, 9.17) is 19.9 Å². The summed E-state index contributed by atoms with van der Waals surface area (Å²) in [6.07, 6.45) is 17.0.